The molecule has 0 saturated heterocycles. The predicted octanol–water partition coefficient (Wildman–Crippen LogP) is 3.38. The second kappa shape index (κ2) is 9.97. The number of nitrogens with one attached hydrogen (secondary N) is 3. The number of carbonyl (C=O) groups is 1. The lowest BCUT2D eigenvalue weighted by atomic mass is 9.96. The third-order valence-corrected chi connectivity index (χ3v) is 3.63. The summed E-state index contributed by atoms with van der Waals surface area (Å²) in [5.74, 6) is 0.470. The molecule has 0 radical (unpaired) electrons. The highest BCUT2D eigenvalue weighted by Crippen LogP contribution is 2.23. The van der Waals surface area contributed by atoms with Gasteiger partial charge in [-0.3, -0.25) is 15.1 Å². The maximum absolute atomic E-state index is 11.8. The average molecular weight is 308 g/mol. The molecule has 1 heterocycles. The van der Waals surface area contributed by atoms with E-state index in [1.165, 1.54) is 6.07 Å². The SMILES string of the molecule is CCCCNC(=O)Nc1nc(C(CC)CCCC)cc(=O)[nH]1. The average Bonchev–Trinajstić information content (AvgIpc) is 2.47. The molecular formula is C16H28N4O2. The van der Waals surface area contributed by atoms with E-state index in [0.29, 0.717) is 6.54 Å². The molecule has 1 aromatic heterocycles. The second-order valence-corrected chi connectivity index (χ2v) is 5.50. The molecule has 1 rings (SSSR count). The Bertz CT molecular complexity index is 513. The van der Waals surface area contributed by atoms with E-state index in [2.05, 4.69) is 41.4 Å². The van der Waals surface area contributed by atoms with E-state index >= 15 is 0 Å². The number of hydrogen-bond donors (Lipinski definition) is 3. The van der Waals surface area contributed by atoms with Crippen LogP contribution in [-0.2, 0) is 0 Å². The van der Waals surface area contributed by atoms with Gasteiger partial charge in [0.2, 0.25) is 5.95 Å². The molecule has 6 heteroatoms. The highest BCUT2D eigenvalue weighted by Gasteiger charge is 2.13. The first kappa shape index (κ1) is 18.2. The van der Waals surface area contributed by atoms with Gasteiger partial charge in [-0.1, -0.05) is 40.0 Å². The number of unbranched alkanes of at least 4 members (excludes halogenated alkanes) is 2. The zero-order valence-electron chi connectivity index (χ0n) is 13.9. The number of nitrogens with zero attached hydrogens (tertiary/aromatic N) is 1. The van der Waals surface area contributed by atoms with Crippen LogP contribution in [0.4, 0.5) is 10.7 Å². The molecule has 2 amide bonds. The van der Waals surface area contributed by atoms with Gasteiger partial charge in [0.05, 0.1) is 5.69 Å². The Morgan fingerprint density at radius 1 is 1.27 bits per heavy atom. The molecule has 0 aliphatic heterocycles. The number of H-pyrrole nitrogens is 1. The van der Waals surface area contributed by atoms with E-state index in [-0.39, 0.29) is 23.5 Å². The summed E-state index contributed by atoms with van der Waals surface area (Å²) in [6.45, 7) is 6.91. The molecule has 0 saturated carbocycles. The summed E-state index contributed by atoms with van der Waals surface area (Å²) in [6.07, 6.45) is 6.09. The first-order chi connectivity index (χ1) is 10.6. The van der Waals surface area contributed by atoms with Gasteiger partial charge in [0.25, 0.3) is 5.56 Å². The molecule has 0 aromatic carbocycles. The largest absolute Gasteiger partial charge is 0.338 e. The van der Waals surface area contributed by atoms with Crippen molar-refractivity contribution in [2.24, 2.45) is 0 Å². The van der Waals surface area contributed by atoms with Crippen LogP contribution in [0.5, 0.6) is 0 Å². The molecule has 1 unspecified atom stereocenters. The number of amides is 2. The summed E-state index contributed by atoms with van der Waals surface area (Å²) >= 11 is 0. The summed E-state index contributed by atoms with van der Waals surface area (Å²) in [5.41, 5.74) is 0.521. The van der Waals surface area contributed by atoms with Crippen LogP contribution in [0.15, 0.2) is 10.9 Å². The molecule has 1 atom stereocenters. The number of rotatable bonds is 9. The molecule has 0 spiro atoms. The van der Waals surface area contributed by atoms with Crippen molar-refractivity contribution in [2.45, 2.75) is 65.2 Å². The third-order valence-electron chi connectivity index (χ3n) is 3.63. The fraction of sp³-hybridized carbons (Fsp3) is 0.688. The van der Waals surface area contributed by atoms with E-state index < -0.39 is 0 Å². The van der Waals surface area contributed by atoms with Gasteiger partial charge in [0, 0.05) is 18.5 Å². The standard InChI is InChI=1S/C16H28N4O2/c1-4-7-9-12(6-3)13-11-14(21)19-15(18-13)20-16(22)17-10-8-5-2/h11-12H,4-10H2,1-3H3,(H3,17,18,19,20,21,22). The maximum Gasteiger partial charge on any atom is 0.321 e. The Hall–Kier alpha value is -1.85. The lowest BCUT2D eigenvalue weighted by molar-refractivity contribution is 0.252. The Balaban J connectivity index is 2.76. The van der Waals surface area contributed by atoms with Crippen molar-refractivity contribution in [3.63, 3.8) is 0 Å². The molecular weight excluding hydrogens is 280 g/mol. The van der Waals surface area contributed by atoms with Crippen LogP contribution in [0.2, 0.25) is 0 Å². The summed E-state index contributed by atoms with van der Waals surface area (Å²) in [4.78, 5) is 30.5. The highest BCUT2D eigenvalue weighted by molar-refractivity contribution is 5.87. The van der Waals surface area contributed by atoms with Crippen molar-refractivity contribution in [3.05, 3.63) is 22.1 Å². The highest BCUT2D eigenvalue weighted by atomic mass is 16.2. The van der Waals surface area contributed by atoms with Gasteiger partial charge in [-0.25, -0.2) is 9.78 Å². The normalized spacial score (nSPS) is 12.0. The molecule has 6 nitrogen and oxygen atoms in total. The molecule has 1 aromatic rings. The Labute approximate surface area is 132 Å². The van der Waals surface area contributed by atoms with Gasteiger partial charge in [-0.05, 0) is 19.3 Å². The van der Waals surface area contributed by atoms with Crippen molar-refractivity contribution in [1.82, 2.24) is 15.3 Å². The van der Waals surface area contributed by atoms with E-state index in [0.717, 1.165) is 44.2 Å². The summed E-state index contributed by atoms with van der Waals surface area (Å²) < 4.78 is 0. The van der Waals surface area contributed by atoms with Crippen molar-refractivity contribution in [3.8, 4) is 0 Å². The lowest BCUT2D eigenvalue weighted by Gasteiger charge is -2.14. The van der Waals surface area contributed by atoms with Crippen molar-refractivity contribution >= 4 is 12.0 Å². The minimum atomic E-state index is -0.338. The van der Waals surface area contributed by atoms with Crippen molar-refractivity contribution in [2.75, 3.05) is 11.9 Å². The molecule has 3 N–H and O–H groups in total. The van der Waals surface area contributed by atoms with Gasteiger partial charge >= 0.3 is 6.03 Å². The third kappa shape index (κ3) is 6.28. The number of aromatic amines is 1. The zero-order chi connectivity index (χ0) is 16.4. The van der Waals surface area contributed by atoms with Crippen molar-refractivity contribution < 1.29 is 4.79 Å². The van der Waals surface area contributed by atoms with E-state index in [1.54, 1.807) is 0 Å². The van der Waals surface area contributed by atoms with E-state index in [9.17, 15) is 9.59 Å². The van der Waals surface area contributed by atoms with E-state index in [1.807, 2.05) is 0 Å². The Kier molecular flexibility index (Phi) is 8.25. The van der Waals surface area contributed by atoms with Crippen LogP contribution < -0.4 is 16.2 Å². The number of aromatic nitrogens is 2. The van der Waals surface area contributed by atoms with E-state index in [4.69, 9.17) is 0 Å². The van der Waals surface area contributed by atoms with Crippen LogP contribution in [0.3, 0.4) is 0 Å². The molecule has 22 heavy (non-hydrogen) atoms. The van der Waals surface area contributed by atoms with Crippen LogP contribution in [0.25, 0.3) is 0 Å². The van der Waals surface area contributed by atoms with Gasteiger partial charge in [-0.2, -0.15) is 0 Å². The minimum absolute atomic E-state index is 0.214. The van der Waals surface area contributed by atoms with Gasteiger partial charge in [0.1, 0.15) is 0 Å². The smallest absolute Gasteiger partial charge is 0.321 e. The molecule has 0 aliphatic rings. The molecule has 124 valence electrons. The summed E-state index contributed by atoms with van der Waals surface area (Å²) in [6, 6.07) is 1.19. The van der Waals surface area contributed by atoms with Crippen molar-refractivity contribution in [1.29, 1.82) is 0 Å². The van der Waals surface area contributed by atoms with Gasteiger partial charge in [0.15, 0.2) is 0 Å². The number of urea groups is 1. The Morgan fingerprint density at radius 2 is 2.00 bits per heavy atom. The first-order valence-electron chi connectivity index (χ1n) is 8.26. The minimum Gasteiger partial charge on any atom is -0.338 e. The van der Waals surface area contributed by atoms with Crippen LogP contribution in [-0.4, -0.2) is 22.5 Å². The van der Waals surface area contributed by atoms with Crippen LogP contribution in [0.1, 0.15) is 70.9 Å². The molecule has 0 aliphatic carbocycles. The second-order valence-electron chi connectivity index (χ2n) is 5.50. The molecule has 0 bridgehead atoms. The predicted molar refractivity (Wildman–Crippen MR) is 89.3 cm³/mol. The summed E-state index contributed by atoms with van der Waals surface area (Å²) in [5, 5.41) is 5.34. The van der Waals surface area contributed by atoms with Gasteiger partial charge < -0.3 is 5.32 Å². The maximum atomic E-state index is 11.8. The quantitative estimate of drug-likeness (QED) is 0.611. The number of carbonyl (C=O) groups excluding carboxylic acids is 1. The fourth-order valence-corrected chi connectivity index (χ4v) is 2.29. The number of anilines is 1. The Morgan fingerprint density at radius 3 is 2.64 bits per heavy atom. The monoisotopic (exact) mass is 308 g/mol. The number of hydrogen-bond acceptors (Lipinski definition) is 3. The van der Waals surface area contributed by atoms with Gasteiger partial charge in [-0.15, -0.1) is 0 Å². The topological polar surface area (TPSA) is 86.9 Å². The summed E-state index contributed by atoms with van der Waals surface area (Å²) in [7, 11) is 0. The lowest BCUT2D eigenvalue weighted by Crippen LogP contribution is -2.31. The first-order valence-corrected chi connectivity index (χ1v) is 8.26. The molecule has 0 fully saturated rings. The van der Waals surface area contributed by atoms with Crippen LogP contribution >= 0.6 is 0 Å². The fourth-order valence-electron chi connectivity index (χ4n) is 2.29. The zero-order valence-corrected chi connectivity index (χ0v) is 13.9. The van der Waals surface area contributed by atoms with Crippen LogP contribution in [0, 0.1) is 0 Å².